The standard InChI is InChI=1S/C13H24O5/c1-4-5-6-15-8-9-7-10-11(12(14)16-9)18-13(2,3)17-10/h9-12,14H,4-8H2,1-3H3/t9?,10-,11-,12?/m0/s1. The first-order chi connectivity index (χ1) is 8.52. The van der Waals surface area contributed by atoms with Crippen LogP contribution in [0.4, 0.5) is 0 Å². The molecule has 0 aliphatic carbocycles. The van der Waals surface area contributed by atoms with E-state index in [0.29, 0.717) is 13.0 Å². The average molecular weight is 260 g/mol. The Bertz CT molecular complexity index is 268. The molecule has 0 spiro atoms. The first-order valence-corrected chi connectivity index (χ1v) is 6.79. The van der Waals surface area contributed by atoms with E-state index < -0.39 is 12.1 Å². The Hall–Kier alpha value is -0.200. The third kappa shape index (κ3) is 3.42. The van der Waals surface area contributed by atoms with Gasteiger partial charge in [0, 0.05) is 13.0 Å². The number of hydrogen-bond acceptors (Lipinski definition) is 5. The van der Waals surface area contributed by atoms with Gasteiger partial charge in [-0.25, -0.2) is 0 Å². The fraction of sp³-hybridized carbons (Fsp3) is 1.00. The minimum atomic E-state index is -0.926. The molecule has 106 valence electrons. The van der Waals surface area contributed by atoms with Crippen molar-refractivity contribution < 1.29 is 24.1 Å². The van der Waals surface area contributed by atoms with Gasteiger partial charge in [-0.15, -0.1) is 0 Å². The molecule has 2 saturated heterocycles. The monoisotopic (exact) mass is 260 g/mol. The summed E-state index contributed by atoms with van der Waals surface area (Å²) in [5.74, 6) is -0.641. The maximum Gasteiger partial charge on any atom is 0.184 e. The van der Waals surface area contributed by atoms with Crippen LogP contribution >= 0.6 is 0 Å². The molecule has 5 heteroatoms. The molecule has 2 aliphatic rings. The number of aliphatic hydroxyl groups excluding tert-OH is 1. The minimum Gasteiger partial charge on any atom is -0.379 e. The lowest BCUT2D eigenvalue weighted by Gasteiger charge is -2.33. The lowest BCUT2D eigenvalue weighted by Crippen LogP contribution is -2.47. The van der Waals surface area contributed by atoms with Gasteiger partial charge >= 0.3 is 0 Å². The molecule has 18 heavy (non-hydrogen) atoms. The van der Waals surface area contributed by atoms with Crippen LogP contribution in [-0.4, -0.2) is 48.7 Å². The lowest BCUT2D eigenvalue weighted by molar-refractivity contribution is -0.237. The van der Waals surface area contributed by atoms with Crippen LogP contribution in [-0.2, 0) is 18.9 Å². The maximum absolute atomic E-state index is 9.90. The Kier molecular flexibility index (Phi) is 4.61. The molecule has 2 rings (SSSR count). The average Bonchev–Trinajstić information content (AvgIpc) is 2.60. The number of unbranched alkanes of at least 4 members (excludes halogenated alkanes) is 1. The molecule has 2 aliphatic heterocycles. The smallest absolute Gasteiger partial charge is 0.184 e. The Labute approximate surface area is 108 Å². The molecule has 0 saturated carbocycles. The Morgan fingerprint density at radius 2 is 2.11 bits per heavy atom. The zero-order valence-corrected chi connectivity index (χ0v) is 11.4. The van der Waals surface area contributed by atoms with Crippen molar-refractivity contribution in [3.05, 3.63) is 0 Å². The lowest BCUT2D eigenvalue weighted by atomic mass is 10.0. The van der Waals surface area contributed by atoms with Gasteiger partial charge in [0.25, 0.3) is 0 Å². The van der Waals surface area contributed by atoms with E-state index in [-0.39, 0.29) is 18.3 Å². The highest BCUT2D eigenvalue weighted by Gasteiger charge is 2.49. The molecular formula is C13H24O5. The van der Waals surface area contributed by atoms with Crippen LogP contribution in [0.2, 0.25) is 0 Å². The van der Waals surface area contributed by atoms with Crippen molar-refractivity contribution in [1.82, 2.24) is 0 Å². The van der Waals surface area contributed by atoms with Gasteiger partial charge in [0.2, 0.25) is 0 Å². The highest BCUT2D eigenvalue weighted by Crippen LogP contribution is 2.36. The summed E-state index contributed by atoms with van der Waals surface area (Å²) < 4.78 is 22.4. The first kappa shape index (κ1) is 14.2. The van der Waals surface area contributed by atoms with Gasteiger partial charge in [-0.05, 0) is 20.3 Å². The SMILES string of the molecule is CCCCOCC1C[C@@H]2OC(C)(C)O[C@@H]2C(O)O1. The summed E-state index contributed by atoms with van der Waals surface area (Å²) in [5.41, 5.74) is 0. The third-order valence-corrected chi connectivity index (χ3v) is 3.28. The zero-order chi connectivity index (χ0) is 13.2. The van der Waals surface area contributed by atoms with E-state index in [4.69, 9.17) is 18.9 Å². The van der Waals surface area contributed by atoms with E-state index in [1.807, 2.05) is 13.8 Å². The predicted molar refractivity (Wildman–Crippen MR) is 65.0 cm³/mol. The normalized spacial score (nSPS) is 38.7. The highest BCUT2D eigenvalue weighted by molar-refractivity contribution is 4.89. The maximum atomic E-state index is 9.90. The molecule has 0 amide bonds. The summed E-state index contributed by atoms with van der Waals surface area (Å²) in [5, 5.41) is 9.90. The van der Waals surface area contributed by atoms with E-state index >= 15 is 0 Å². The van der Waals surface area contributed by atoms with Crippen molar-refractivity contribution in [1.29, 1.82) is 0 Å². The van der Waals surface area contributed by atoms with Crippen molar-refractivity contribution in [2.24, 2.45) is 0 Å². The van der Waals surface area contributed by atoms with Crippen LogP contribution < -0.4 is 0 Å². The topological polar surface area (TPSA) is 57.2 Å². The van der Waals surface area contributed by atoms with Crippen LogP contribution in [0, 0.1) is 0 Å². The van der Waals surface area contributed by atoms with Gasteiger partial charge in [-0.3, -0.25) is 0 Å². The van der Waals surface area contributed by atoms with Crippen molar-refractivity contribution in [3.63, 3.8) is 0 Å². The highest BCUT2D eigenvalue weighted by atomic mass is 16.8. The molecule has 1 N–H and O–H groups in total. The second kappa shape index (κ2) is 5.84. The van der Waals surface area contributed by atoms with Gasteiger partial charge in [-0.1, -0.05) is 13.3 Å². The Balaban J connectivity index is 1.80. The van der Waals surface area contributed by atoms with Crippen molar-refractivity contribution in [3.8, 4) is 0 Å². The second-order valence-electron chi connectivity index (χ2n) is 5.45. The number of rotatable bonds is 5. The Morgan fingerprint density at radius 1 is 1.33 bits per heavy atom. The Morgan fingerprint density at radius 3 is 2.83 bits per heavy atom. The first-order valence-electron chi connectivity index (χ1n) is 6.79. The summed E-state index contributed by atoms with van der Waals surface area (Å²) in [6, 6.07) is 0. The van der Waals surface area contributed by atoms with Crippen molar-refractivity contribution >= 4 is 0 Å². The molecule has 5 nitrogen and oxygen atoms in total. The molecule has 0 bridgehead atoms. The van der Waals surface area contributed by atoms with Crippen molar-refractivity contribution in [2.75, 3.05) is 13.2 Å². The summed E-state index contributed by atoms with van der Waals surface area (Å²) in [6.07, 6.45) is 1.34. The van der Waals surface area contributed by atoms with Gasteiger partial charge in [0.05, 0.1) is 18.8 Å². The fourth-order valence-corrected chi connectivity index (χ4v) is 2.44. The van der Waals surface area contributed by atoms with Crippen LogP contribution in [0.1, 0.15) is 40.0 Å². The van der Waals surface area contributed by atoms with E-state index in [1.54, 1.807) is 0 Å². The van der Waals surface area contributed by atoms with Crippen molar-refractivity contribution in [2.45, 2.75) is 70.4 Å². The van der Waals surface area contributed by atoms with E-state index in [9.17, 15) is 5.11 Å². The van der Waals surface area contributed by atoms with E-state index in [1.165, 1.54) is 0 Å². The quantitative estimate of drug-likeness (QED) is 0.758. The molecule has 0 aromatic rings. The van der Waals surface area contributed by atoms with Gasteiger partial charge < -0.3 is 24.1 Å². The van der Waals surface area contributed by atoms with Gasteiger partial charge in [0.15, 0.2) is 12.1 Å². The van der Waals surface area contributed by atoms with Crippen LogP contribution in [0.15, 0.2) is 0 Å². The minimum absolute atomic E-state index is 0.108. The molecule has 2 heterocycles. The summed E-state index contributed by atoms with van der Waals surface area (Å²) in [4.78, 5) is 0. The number of fused-ring (bicyclic) bond motifs is 1. The van der Waals surface area contributed by atoms with Crippen LogP contribution in [0.25, 0.3) is 0 Å². The van der Waals surface area contributed by atoms with Gasteiger partial charge in [-0.2, -0.15) is 0 Å². The molecule has 0 aromatic carbocycles. The predicted octanol–water partition coefficient (Wildman–Crippen LogP) is 1.43. The van der Waals surface area contributed by atoms with E-state index in [2.05, 4.69) is 6.92 Å². The largest absolute Gasteiger partial charge is 0.379 e. The van der Waals surface area contributed by atoms with Crippen LogP contribution in [0.5, 0.6) is 0 Å². The zero-order valence-electron chi connectivity index (χ0n) is 11.4. The molecule has 4 atom stereocenters. The van der Waals surface area contributed by atoms with Gasteiger partial charge in [0.1, 0.15) is 6.10 Å². The van der Waals surface area contributed by atoms with Crippen LogP contribution in [0.3, 0.4) is 0 Å². The summed E-state index contributed by atoms with van der Waals surface area (Å²) in [6.45, 7) is 7.07. The summed E-state index contributed by atoms with van der Waals surface area (Å²) >= 11 is 0. The third-order valence-electron chi connectivity index (χ3n) is 3.28. The fourth-order valence-electron chi connectivity index (χ4n) is 2.44. The second-order valence-corrected chi connectivity index (χ2v) is 5.45. The molecular weight excluding hydrogens is 236 g/mol. The number of aliphatic hydroxyl groups is 1. The molecule has 2 fully saturated rings. The summed E-state index contributed by atoms with van der Waals surface area (Å²) in [7, 11) is 0. The molecule has 0 radical (unpaired) electrons. The molecule has 2 unspecified atom stereocenters. The van der Waals surface area contributed by atoms with E-state index in [0.717, 1.165) is 19.4 Å². The molecule has 0 aromatic heterocycles. The number of ether oxygens (including phenoxy) is 4. The number of hydrogen-bond donors (Lipinski definition) is 1.